The van der Waals surface area contributed by atoms with Crippen LogP contribution >= 0.6 is 15.9 Å². The number of benzene rings is 3. The number of para-hydroxylation sites is 2. The Balaban J connectivity index is 1.55. The number of nitrogens with zero attached hydrogens (tertiary/aromatic N) is 1. The minimum atomic E-state index is -0.221. The molecule has 28 heavy (non-hydrogen) atoms. The molecule has 5 nitrogen and oxygen atoms in total. The predicted molar refractivity (Wildman–Crippen MR) is 115 cm³/mol. The van der Waals surface area contributed by atoms with Gasteiger partial charge < -0.3 is 15.0 Å². The van der Waals surface area contributed by atoms with Gasteiger partial charge in [0.05, 0.1) is 23.2 Å². The van der Waals surface area contributed by atoms with Gasteiger partial charge in [0, 0.05) is 15.7 Å². The molecule has 4 rings (SSSR count). The lowest BCUT2D eigenvalue weighted by Crippen LogP contribution is -2.13. The number of aromatic nitrogens is 2. The maximum atomic E-state index is 12.7. The van der Waals surface area contributed by atoms with E-state index in [1.807, 2.05) is 61.5 Å². The third-order valence-corrected chi connectivity index (χ3v) is 4.78. The molecule has 0 unspecified atom stereocenters. The summed E-state index contributed by atoms with van der Waals surface area (Å²) < 4.78 is 6.38. The average molecular weight is 436 g/mol. The molecular weight excluding hydrogens is 418 g/mol. The molecule has 0 bridgehead atoms. The van der Waals surface area contributed by atoms with E-state index in [2.05, 4.69) is 31.2 Å². The highest BCUT2D eigenvalue weighted by Gasteiger charge is 2.14. The number of fused-ring (bicyclic) bond motifs is 1. The maximum Gasteiger partial charge on any atom is 0.259 e. The molecule has 0 spiro atoms. The van der Waals surface area contributed by atoms with Crippen molar-refractivity contribution in [2.24, 2.45) is 0 Å². The van der Waals surface area contributed by atoms with Crippen LogP contribution in [0, 0.1) is 0 Å². The van der Waals surface area contributed by atoms with Gasteiger partial charge in [-0.3, -0.25) is 4.79 Å². The van der Waals surface area contributed by atoms with E-state index in [0.717, 1.165) is 26.9 Å². The second-order valence-electron chi connectivity index (χ2n) is 6.21. The quantitative estimate of drug-likeness (QED) is 0.425. The van der Waals surface area contributed by atoms with Gasteiger partial charge in [0.25, 0.3) is 5.91 Å². The first-order valence-corrected chi connectivity index (χ1v) is 9.72. The van der Waals surface area contributed by atoms with Crippen molar-refractivity contribution in [2.75, 3.05) is 11.9 Å². The van der Waals surface area contributed by atoms with Gasteiger partial charge in [0.2, 0.25) is 0 Å². The van der Waals surface area contributed by atoms with Crippen LogP contribution in [0.25, 0.3) is 22.4 Å². The Labute approximate surface area is 170 Å². The lowest BCUT2D eigenvalue weighted by atomic mass is 10.1. The molecule has 1 aromatic heterocycles. The Kier molecular flexibility index (Phi) is 5.12. The normalized spacial score (nSPS) is 10.8. The Hall–Kier alpha value is -3.12. The van der Waals surface area contributed by atoms with Crippen LogP contribution in [0.15, 0.2) is 71.2 Å². The van der Waals surface area contributed by atoms with E-state index in [4.69, 9.17) is 4.74 Å². The van der Waals surface area contributed by atoms with Crippen LogP contribution in [0.2, 0.25) is 0 Å². The first kappa shape index (κ1) is 18.3. The fraction of sp³-hybridized carbons (Fsp3) is 0.0909. The largest absolute Gasteiger partial charge is 0.493 e. The average Bonchev–Trinajstić information content (AvgIpc) is 3.14. The number of amides is 1. The summed E-state index contributed by atoms with van der Waals surface area (Å²) in [6.45, 7) is 2.38. The molecule has 3 aromatic carbocycles. The van der Waals surface area contributed by atoms with E-state index in [1.54, 1.807) is 12.1 Å². The van der Waals surface area contributed by atoms with Gasteiger partial charge in [0.15, 0.2) is 0 Å². The molecule has 1 heterocycles. The molecular formula is C22H18BrN3O2. The van der Waals surface area contributed by atoms with Crippen molar-refractivity contribution in [1.29, 1.82) is 0 Å². The zero-order valence-electron chi connectivity index (χ0n) is 15.2. The van der Waals surface area contributed by atoms with Crippen molar-refractivity contribution < 1.29 is 9.53 Å². The van der Waals surface area contributed by atoms with Crippen molar-refractivity contribution in [1.82, 2.24) is 9.97 Å². The molecule has 1 amide bonds. The van der Waals surface area contributed by atoms with Crippen LogP contribution in [0.5, 0.6) is 5.75 Å². The number of nitrogens with one attached hydrogen (secondary N) is 2. The number of anilines is 1. The molecule has 0 aliphatic rings. The number of hydrogen-bond acceptors (Lipinski definition) is 3. The van der Waals surface area contributed by atoms with Crippen LogP contribution in [0.3, 0.4) is 0 Å². The number of rotatable bonds is 5. The molecule has 0 saturated heterocycles. The molecule has 0 saturated carbocycles. The van der Waals surface area contributed by atoms with Gasteiger partial charge in [-0.15, -0.1) is 0 Å². The van der Waals surface area contributed by atoms with Gasteiger partial charge in [-0.1, -0.05) is 28.1 Å². The highest BCUT2D eigenvalue weighted by molar-refractivity contribution is 9.10. The Morgan fingerprint density at radius 2 is 1.89 bits per heavy atom. The fourth-order valence-corrected chi connectivity index (χ4v) is 3.32. The number of ether oxygens (including phenoxy) is 1. The highest BCUT2D eigenvalue weighted by atomic mass is 79.9. The van der Waals surface area contributed by atoms with Crippen molar-refractivity contribution >= 4 is 38.6 Å². The van der Waals surface area contributed by atoms with Crippen LogP contribution in [0.1, 0.15) is 17.3 Å². The minimum Gasteiger partial charge on any atom is -0.493 e. The summed E-state index contributed by atoms with van der Waals surface area (Å²) in [5.74, 6) is 1.13. The SMILES string of the molecule is CCOc1ccc(Br)cc1C(=O)Nc1ccc(-c2nc3ccccc3[nH]2)cc1. The molecule has 0 aliphatic heterocycles. The molecule has 2 N–H and O–H groups in total. The molecule has 6 heteroatoms. The Morgan fingerprint density at radius 3 is 2.64 bits per heavy atom. The molecule has 4 aromatic rings. The number of H-pyrrole nitrogens is 1. The number of hydrogen-bond donors (Lipinski definition) is 2. The van der Waals surface area contributed by atoms with Crippen molar-refractivity contribution in [3.8, 4) is 17.1 Å². The summed E-state index contributed by atoms with van der Waals surface area (Å²) in [6.07, 6.45) is 0. The van der Waals surface area contributed by atoms with Gasteiger partial charge in [0.1, 0.15) is 11.6 Å². The zero-order valence-corrected chi connectivity index (χ0v) is 16.8. The minimum absolute atomic E-state index is 0.221. The first-order chi connectivity index (χ1) is 13.6. The summed E-state index contributed by atoms with van der Waals surface area (Å²) in [7, 11) is 0. The molecule has 140 valence electrons. The van der Waals surface area contributed by atoms with Gasteiger partial charge in [-0.2, -0.15) is 0 Å². The maximum absolute atomic E-state index is 12.7. The summed E-state index contributed by atoms with van der Waals surface area (Å²) >= 11 is 3.41. The van der Waals surface area contributed by atoms with Gasteiger partial charge >= 0.3 is 0 Å². The van der Waals surface area contributed by atoms with Crippen LogP contribution in [0.4, 0.5) is 5.69 Å². The first-order valence-electron chi connectivity index (χ1n) is 8.93. The van der Waals surface area contributed by atoms with Crippen LogP contribution < -0.4 is 10.1 Å². The van der Waals surface area contributed by atoms with E-state index in [1.165, 1.54) is 0 Å². The number of carbonyl (C=O) groups is 1. The van der Waals surface area contributed by atoms with Crippen molar-refractivity contribution in [3.05, 3.63) is 76.8 Å². The zero-order chi connectivity index (χ0) is 19.5. The topological polar surface area (TPSA) is 67.0 Å². The summed E-state index contributed by atoms with van der Waals surface area (Å²) in [4.78, 5) is 20.6. The lowest BCUT2D eigenvalue weighted by Gasteiger charge is -2.11. The second-order valence-corrected chi connectivity index (χ2v) is 7.12. The smallest absolute Gasteiger partial charge is 0.259 e. The van der Waals surface area contributed by atoms with E-state index in [0.29, 0.717) is 23.6 Å². The van der Waals surface area contributed by atoms with Crippen molar-refractivity contribution in [2.45, 2.75) is 6.92 Å². The van der Waals surface area contributed by atoms with Crippen molar-refractivity contribution in [3.63, 3.8) is 0 Å². The van der Waals surface area contributed by atoms with E-state index < -0.39 is 0 Å². The fourth-order valence-electron chi connectivity index (χ4n) is 2.96. The standard InChI is InChI=1S/C22H18BrN3O2/c1-2-28-20-12-9-15(23)13-17(20)22(27)24-16-10-7-14(8-11-16)21-25-18-5-3-4-6-19(18)26-21/h3-13H,2H2,1H3,(H,24,27)(H,25,26). The summed E-state index contributed by atoms with van der Waals surface area (Å²) in [6, 6.07) is 20.9. The van der Waals surface area contributed by atoms with E-state index in [-0.39, 0.29) is 5.91 Å². The number of imidazole rings is 1. The van der Waals surface area contributed by atoms with E-state index in [9.17, 15) is 4.79 Å². The predicted octanol–water partition coefficient (Wildman–Crippen LogP) is 5.64. The lowest BCUT2D eigenvalue weighted by molar-refractivity contribution is 0.102. The summed E-state index contributed by atoms with van der Waals surface area (Å²) in [5.41, 5.74) is 4.05. The third-order valence-electron chi connectivity index (χ3n) is 4.29. The van der Waals surface area contributed by atoms with Gasteiger partial charge in [-0.25, -0.2) is 4.98 Å². The number of halogens is 1. The third kappa shape index (κ3) is 3.77. The van der Waals surface area contributed by atoms with E-state index >= 15 is 0 Å². The second kappa shape index (κ2) is 7.86. The van der Waals surface area contributed by atoms with Crippen LogP contribution in [-0.2, 0) is 0 Å². The van der Waals surface area contributed by atoms with Crippen LogP contribution in [-0.4, -0.2) is 22.5 Å². The number of carbonyl (C=O) groups excluding carboxylic acids is 1. The Morgan fingerprint density at radius 1 is 1.11 bits per heavy atom. The summed E-state index contributed by atoms with van der Waals surface area (Å²) in [5, 5.41) is 2.92. The molecule has 0 fully saturated rings. The number of aromatic amines is 1. The molecule has 0 aliphatic carbocycles. The monoisotopic (exact) mass is 435 g/mol. The highest BCUT2D eigenvalue weighted by Crippen LogP contribution is 2.26. The van der Waals surface area contributed by atoms with Gasteiger partial charge in [-0.05, 0) is 61.5 Å². The molecule has 0 radical (unpaired) electrons. The Bertz CT molecular complexity index is 1100. The molecule has 0 atom stereocenters.